The first-order valence-electron chi connectivity index (χ1n) is 10.8. The molecule has 2 aliphatic carbocycles. The van der Waals surface area contributed by atoms with Crippen molar-refractivity contribution in [3.63, 3.8) is 0 Å². The van der Waals surface area contributed by atoms with Gasteiger partial charge in [0, 0.05) is 24.8 Å². The number of hydrogen-bond acceptors (Lipinski definition) is 7. The maximum Gasteiger partial charge on any atom is 0.266 e. The van der Waals surface area contributed by atoms with E-state index in [2.05, 4.69) is 4.98 Å². The number of carbonyl (C=O) groups is 1. The van der Waals surface area contributed by atoms with E-state index >= 15 is 0 Å². The number of methoxy groups -OCH3 is 1. The van der Waals surface area contributed by atoms with E-state index in [0.717, 1.165) is 12.8 Å². The van der Waals surface area contributed by atoms with Gasteiger partial charge in [-0.1, -0.05) is 0 Å². The molecule has 3 aliphatic rings. The third-order valence-corrected chi connectivity index (χ3v) is 6.09. The van der Waals surface area contributed by atoms with E-state index in [1.54, 1.807) is 18.2 Å². The number of halogens is 2. The Bertz CT molecular complexity index is 1060. The number of fused-ring (bicyclic) bond motifs is 1. The van der Waals surface area contributed by atoms with Crippen LogP contribution in [0.4, 0.5) is 14.5 Å². The predicted molar refractivity (Wildman–Crippen MR) is 112 cm³/mol. The minimum atomic E-state index is -2.67. The average Bonchev–Trinajstić information content (AvgIpc) is 3.73. The molecule has 2 atom stereocenters. The fourth-order valence-corrected chi connectivity index (χ4v) is 3.68. The van der Waals surface area contributed by atoms with Crippen LogP contribution < -0.4 is 23.8 Å². The van der Waals surface area contributed by atoms with Gasteiger partial charge in [0.1, 0.15) is 17.9 Å². The number of nitrogens with zero attached hydrogens (tertiary/aromatic N) is 2. The van der Waals surface area contributed by atoms with E-state index in [0.29, 0.717) is 23.1 Å². The Morgan fingerprint density at radius 1 is 1.27 bits per heavy atom. The maximum absolute atomic E-state index is 13.0. The summed E-state index contributed by atoms with van der Waals surface area (Å²) < 4.78 is 48.2. The molecule has 2 saturated carbocycles. The molecule has 33 heavy (non-hydrogen) atoms. The Kier molecular flexibility index (Phi) is 5.48. The highest BCUT2D eigenvalue weighted by Gasteiger charge is 2.57. The van der Waals surface area contributed by atoms with Crippen molar-refractivity contribution in [3.8, 4) is 23.1 Å². The summed E-state index contributed by atoms with van der Waals surface area (Å²) in [4.78, 5) is 18.5. The molecular weight excluding hydrogens is 438 g/mol. The van der Waals surface area contributed by atoms with Crippen molar-refractivity contribution in [2.45, 2.75) is 31.3 Å². The number of aromatic nitrogens is 1. The molecule has 2 fully saturated rings. The van der Waals surface area contributed by atoms with Crippen molar-refractivity contribution in [1.82, 2.24) is 4.98 Å². The van der Waals surface area contributed by atoms with Crippen LogP contribution in [0.15, 0.2) is 30.5 Å². The van der Waals surface area contributed by atoms with Crippen molar-refractivity contribution in [3.05, 3.63) is 36.0 Å². The van der Waals surface area contributed by atoms with Crippen LogP contribution in [0.3, 0.4) is 0 Å². The summed E-state index contributed by atoms with van der Waals surface area (Å²) in [6, 6.07) is 6.48. The van der Waals surface area contributed by atoms with E-state index < -0.39 is 17.9 Å². The number of aliphatic hydroxyl groups is 1. The van der Waals surface area contributed by atoms with Crippen LogP contribution in [0, 0.1) is 11.8 Å². The molecule has 2 heterocycles. The molecule has 1 aromatic heterocycles. The number of pyridine rings is 1. The number of rotatable bonds is 9. The summed E-state index contributed by atoms with van der Waals surface area (Å²) in [5.41, 5.74) is 0.770. The van der Waals surface area contributed by atoms with Gasteiger partial charge in [0.2, 0.25) is 5.88 Å². The third-order valence-electron chi connectivity index (χ3n) is 6.09. The van der Waals surface area contributed by atoms with Gasteiger partial charge >= 0.3 is 0 Å². The molecule has 0 radical (unpaired) electrons. The van der Waals surface area contributed by atoms with Gasteiger partial charge in [-0.15, -0.1) is 0 Å². The van der Waals surface area contributed by atoms with Gasteiger partial charge in [-0.2, -0.15) is 0 Å². The molecule has 8 nitrogen and oxygen atoms in total. The monoisotopic (exact) mass is 462 g/mol. The number of anilines is 1. The average molecular weight is 462 g/mol. The SMILES string of the molecule is COc1cc(N2COc3cc(OCC4CC4(F)F)ncc3C2=O)ccc1OC[C@H](O)C1CC1. The van der Waals surface area contributed by atoms with Crippen molar-refractivity contribution in [2.24, 2.45) is 11.8 Å². The molecule has 2 aromatic rings. The van der Waals surface area contributed by atoms with Crippen molar-refractivity contribution in [2.75, 3.05) is 32.0 Å². The molecule has 1 aliphatic heterocycles. The lowest BCUT2D eigenvalue weighted by atomic mass is 10.1. The fraction of sp³-hybridized carbons (Fsp3) is 0.478. The summed E-state index contributed by atoms with van der Waals surface area (Å²) in [6.45, 7) is -0.0154. The van der Waals surface area contributed by atoms with Crippen LogP contribution in [0.2, 0.25) is 0 Å². The predicted octanol–water partition coefficient (Wildman–Crippen LogP) is 3.27. The second kappa shape index (κ2) is 8.33. The summed E-state index contributed by atoms with van der Waals surface area (Å²) in [7, 11) is 1.50. The van der Waals surface area contributed by atoms with Gasteiger partial charge in [-0.05, 0) is 30.9 Å². The number of ether oxygens (including phenoxy) is 4. The molecule has 1 aromatic carbocycles. The van der Waals surface area contributed by atoms with Crippen molar-refractivity contribution < 1.29 is 37.6 Å². The number of hydrogen-bond donors (Lipinski definition) is 1. The fourth-order valence-electron chi connectivity index (χ4n) is 3.68. The number of amides is 1. The molecular formula is C23H24F2N2O6. The minimum absolute atomic E-state index is 0.0558. The molecule has 1 N–H and O–H groups in total. The van der Waals surface area contributed by atoms with Gasteiger partial charge < -0.3 is 24.1 Å². The zero-order valence-corrected chi connectivity index (χ0v) is 18.0. The van der Waals surface area contributed by atoms with Gasteiger partial charge in [0.05, 0.1) is 31.4 Å². The van der Waals surface area contributed by atoms with Crippen molar-refractivity contribution >= 4 is 11.6 Å². The second-order valence-electron chi connectivity index (χ2n) is 8.55. The lowest BCUT2D eigenvalue weighted by Crippen LogP contribution is -2.38. The molecule has 1 amide bonds. The third kappa shape index (κ3) is 4.52. The smallest absolute Gasteiger partial charge is 0.266 e. The number of alkyl halides is 2. The minimum Gasteiger partial charge on any atom is -0.493 e. The Hall–Kier alpha value is -3.14. The van der Waals surface area contributed by atoms with Crippen LogP contribution in [0.1, 0.15) is 29.6 Å². The highest BCUT2D eigenvalue weighted by atomic mass is 19.3. The van der Waals surface area contributed by atoms with E-state index in [1.807, 2.05) is 0 Å². The quantitative estimate of drug-likeness (QED) is 0.612. The van der Waals surface area contributed by atoms with E-state index in [-0.39, 0.29) is 49.5 Å². The van der Waals surface area contributed by atoms with E-state index in [1.165, 1.54) is 24.3 Å². The van der Waals surface area contributed by atoms with Crippen LogP contribution in [0.25, 0.3) is 0 Å². The van der Waals surface area contributed by atoms with Crippen LogP contribution in [-0.2, 0) is 0 Å². The standard InChI is InChI=1S/C23H24F2N2O6/c1-30-20-6-15(4-5-18(20)31-11-17(28)13-2-3-13)27-12-33-19-7-21(26-9-16(19)22(27)29)32-10-14-8-23(14,24)25/h4-7,9,13-14,17,28H,2-3,8,10-12H2,1H3/t14?,17-/m0/s1. The van der Waals surface area contributed by atoms with Gasteiger partial charge in [0.15, 0.2) is 18.2 Å². The molecule has 0 saturated heterocycles. The zero-order valence-electron chi connectivity index (χ0n) is 18.0. The van der Waals surface area contributed by atoms with Crippen LogP contribution in [-0.4, -0.2) is 55.1 Å². The molecule has 5 rings (SSSR count). The number of carbonyl (C=O) groups excluding carboxylic acids is 1. The first-order valence-corrected chi connectivity index (χ1v) is 10.8. The van der Waals surface area contributed by atoms with Gasteiger partial charge in [0.25, 0.3) is 11.8 Å². The lowest BCUT2D eigenvalue weighted by Gasteiger charge is -2.29. The Morgan fingerprint density at radius 3 is 2.76 bits per heavy atom. The Morgan fingerprint density at radius 2 is 2.06 bits per heavy atom. The summed E-state index contributed by atoms with van der Waals surface area (Å²) >= 11 is 0. The molecule has 176 valence electrons. The van der Waals surface area contributed by atoms with Gasteiger partial charge in [-0.3, -0.25) is 9.69 Å². The topological polar surface area (TPSA) is 90.4 Å². The first-order chi connectivity index (χ1) is 15.9. The molecule has 1 unspecified atom stereocenters. The highest BCUT2D eigenvalue weighted by molar-refractivity contribution is 6.08. The Balaban J connectivity index is 1.26. The maximum atomic E-state index is 13.0. The van der Waals surface area contributed by atoms with Crippen LogP contribution >= 0.6 is 0 Å². The Labute approximate surface area is 189 Å². The summed E-state index contributed by atoms with van der Waals surface area (Å²) in [5.74, 6) is -2.19. The number of aliphatic hydroxyl groups excluding tert-OH is 1. The largest absolute Gasteiger partial charge is 0.493 e. The zero-order chi connectivity index (χ0) is 23.2. The molecule has 10 heteroatoms. The van der Waals surface area contributed by atoms with Gasteiger partial charge in [-0.25, -0.2) is 13.8 Å². The van der Waals surface area contributed by atoms with E-state index in [9.17, 15) is 18.7 Å². The van der Waals surface area contributed by atoms with Crippen molar-refractivity contribution in [1.29, 1.82) is 0 Å². The normalized spacial score (nSPS) is 21.6. The summed E-state index contributed by atoms with van der Waals surface area (Å²) in [5, 5.41) is 10.0. The lowest BCUT2D eigenvalue weighted by molar-refractivity contribution is 0.0849. The summed E-state index contributed by atoms with van der Waals surface area (Å²) in [6.07, 6.45) is 2.65. The first kappa shape index (κ1) is 21.7. The molecule has 0 spiro atoms. The molecule has 0 bridgehead atoms. The highest BCUT2D eigenvalue weighted by Crippen LogP contribution is 2.48. The number of benzene rings is 1. The second-order valence-corrected chi connectivity index (χ2v) is 8.55. The van der Waals surface area contributed by atoms with Crippen LogP contribution in [0.5, 0.6) is 23.1 Å². The van der Waals surface area contributed by atoms with E-state index in [4.69, 9.17) is 18.9 Å².